The van der Waals surface area contributed by atoms with Crippen LogP contribution in [0.3, 0.4) is 0 Å². The van der Waals surface area contributed by atoms with Gasteiger partial charge in [-0.15, -0.1) is 0 Å². The van der Waals surface area contributed by atoms with E-state index in [4.69, 9.17) is 5.73 Å². The molecular formula is C22H27N3O3. The molecule has 0 spiro atoms. The fourth-order valence-electron chi connectivity index (χ4n) is 2.75. The predicted molar refractivity (Wildman–Crippen MR) is 110 cm³/mol. The molecule has 28 heavy (non-hydrogen) atoms. The second-order valence-corrected chi connectivity index (χ2v) is 7.84. The number of primary amides is 1. The second-order valence-electron chi connectivity index (χ2n) is 7.84. The first-order valence-corrected chi connectivity index (χ1v) is 9.13. The number of carbonyl (C=O) groups excluding carboxylic acids is 3. The van der Waals surface area contributed by atoms with E-state index in [9.17, 15) is 14.4 Å². The van der Waals surface area contributed by atoms with E-state index in [0.29, 0.717) is 17.7 Å². The van der Waals surface area contributed by atoms with Crippen LogP contribution < -0.4 is 16.4 Å². The Morgan fingerprint density at radius 1 is 0.964 bits per heavy atom. The van der Waals surface area contributed by atoms with Crippen LogP contribution in [0.2, 0.25) is 0 Å². The summed E-state index contributed by atoms with van der Waals surface area (Å²) >= 11 is 0. The van der Waals surface area contributed by atoms with Crippen molar-refractivity contribution < 1.29 is 14.4 Å². The summed E-state index contributed by atoms with van der Waals surface area (Å²) in [6.45, 7) is 7.80. The number of carbonyl (C=O) groups is 3. The van der Waals surface area contributed by atoms with Gasteiger partial charge < -0.3 is 16.4 Å². The Labute approximate surface area is 165 Å². The maximum absolute atomic E-state index is 12.5. The summed E-state index contributed by atoms with van der Waals surface area (Å²) in [6, 6.07) is 13.5. The van der Waals surface area contributed by atoms with Crippen LogP contribution >= 0.6 is 0 Å². The van der Waals surface area contributed by atoms with Crippen LogP contribution in [0.4, 0.5) is 5.69 Å². The molecule has 4 N–H and O–H groups in total. The molecule has 3 amide bonds. The highest BCUT2D eigenvalue weighted by Crippen LogP contribution is 2.22. The molecule has 0 radical (unpaired) electrons. The van der Waals surface area contributed by atoms with Crippen LogP contribution in [0.1, 0.15) is 49.2 Å². The van der Waals surface area contributed by atoms with E-state index in [1.54, 1.807) is 24.3 Å². The number of nitrogens with two attached hydrogens (primary N) is 1. The lowest BCUT2D eigenvalue weighted by molar-refractivity contribution is -0.119. The van der Waals surface area contributed by atoms with E-state index >= 15 is 0 Å². The highest BCUT2D eigenvalue weighted by atomic mass is 16.2. The first kappa shape index (κ1) is 21.2. The molecular weight excluding hydrogens is 354 g/mol. The molecule has 0 fully saturated rings. The number of benzene rings is 2. The first-order chi connectivity index (χ1) is 13.1. The maximum Gasteiger partial charge on any atom is 0.251 e. The summed E-state index contributed by atoms with van der Waals surface area (Å²) in [5.41, 5.74) is 8.60. The molecule has 2 aromatic rings. The van der Waals surface area contributed by atoms with Crippen LogP contribution in [0.5, 0.6) is 0 Å². The highest BCUT2D eigenvalue weighted by molar-refractivity contribution is 5.98. The van der Waals surface area contributed by atoms with Crippen LogP contribution in [-0.2, 0) is 21.4 Å². The molecule has 0 saturated heterocycles. The van der Waals surface area contributed by atoms with E-state index in [1.165, 1.54) is 12.5 Å². The average molecular weight is 381 g/mol. The fourth-order valence-corrected chi connectivity index (χ4v) is 2.75. The third kappa shape index (κ3) is 5.94. The first-order valence-electron chi connectivity index (χ1n) is 9.13. The Morgan fingerprint density at radius 3 is 2.00 bits per heavy atom. The van der Waals surface area contributed by atoms with E-state index in [1.807, 2.05) is 24.3 Å². The monoisotopic (exact) mass is 381 g/mol. The zero-order valence-electron chi connectivity index (χ0n) is 16.7. The molecule has 2 aromatic carbocycles. The van der Waals surface area contributed by atoms with Gasteiger partial charge in [-0.2, -0.15) is 0 Å². The van der Waals surface area contributed by atoms with Crippen molar-refractivity contribution in [1.29, 1.82) is 0 Å². The second kappa shape index (κ2) is 8.69. The molecule has 2 rings (SSSR count). The van der Waals surface area contributed by atoms with E-state index in [2.05, 4.69) is 31.4 Å². The standard InChI is InChI=1S/C22H27N3O3/c1-14(26)24-18-11-7-16(8-12-18)21(28)25-19(20(23)27)13-15-5-9-17(10-6-15)22(2,3)4/h5-12,19H,13H2,1-4H3,(H2,23,27)(H,24,26)(H,25,28)/t19-/m0/s1. The van der Waals surface area contributed by atoms with Gasteiger partial charge in [-0.3, -0.25) is 14.4 Å². The molecule has 0 saturated carbocycles. The molecule has 0 heterocycles. The zero-order valence-corrected chi connectivity index (χ0v) is 16.7. The minimum absolute atomic E-state index is 0.0409. The molecule has 0 aromatic heterocycles. The Kier molecular flexibility index (Phi) is 6.57. The minimum atomic E-state index is -0.817. The third-order valence-electron chi connectivity index (χ3n) is 4.38. The molecule has 0 aliphatic rings. The summed E-state index contributed by atoms with van der Waals surface area (Å²) in [5.74, 6) is -1.18. The zero-order chi connectivity index (χ0) is 20.9. The predicted octanol–water partition coefficient (Wildman–Crippen LogP) is 2.77. The smallest absolute Gasteiger partial charge is 0.251 e. The summed E-state index contributed by atoms with van der Waals surface area (Å²) in [7, 11) is 0. The van der Waals surface area contributed by atoms with Gasteiger partial charge in [0.15, 0.2) is 0 Å². The van der Waals surface area contributed by atoms with Crippen LogP contribution in [0.15, 0.2) is 48.5 Å². The SMILES string of the molecule is CC(=O)Nc1ccc(C(=O)N[C@@H](Cc2ccc(C(C)(C)C)cc2)C(N)=O)cc1. The van der Waals surface area contributed by atoms with Crippen molar-refractivity contribution in [2.24, 2.45) is 5.73 Å². The van der Waals surface area contributed by atoms with Crippen LogP contribution in [-0.4, -0.2) is 23.8 Å². The van der Waals surface area contributed by atoms with E-state index in [0.717, 1.165) is 5.56 Å². The van der Waals surface area contributed by atoms with Gasteiger partial charge in [0.25, 0.3) is 5.91 Å². The van der Waals surface area contributed by atoms with Crippen molar-refractivity contribution in [3.05, 3.63) is 65.2 Å². The molecule has 6 nitrogen and oxygen atoms in total. The van der Waals surface area contributed by atoms with Gasteiger partial charge in [-0.1, -0.05) is 45.0 Å². The lowest BCUT2D eigenvalue weighted by Gasteiger charge is -2.20. The lowest BCUT2D eigenvalue weighted by Crippen LogP contribution is -2.45. The lowest BCUT2D eigenvalue weighted by atomic mass is 9.86. The quantitative estimate of drug-likeness (QED) is 0.717. The van der Waals surface area contributed by atoms with Crippen molar-refractivity contribution in [3.8, 4) is 0 Å². The normalized spacial score (nSPS) is 12.1. The third-order valence-corrected chi connectivity index (χ3v) is 4.38. The van der Waals surface area contributed by atoms with E-state index < -0.39 is 17.9 Å². The number of hydrogen-bond acceptors (Lipinski definition) is 3. The molecule has 6 heteroatoms. The van der Waals surface area contributed by atoms with E-state index in [-0.39, 0.29) is 11.3 Å². The molecule has 0 aliphatic carbocycles. The van der Waals surface area contributed by atoms with Gasteiger partial charge in [-0.25, -0.2) is 0 Å². The summed E-state index contributed by atoms with van der Waals surface area (Å²) in [6.07, 6.45) is 0.315. The van der Waals surface area contributed by atoms with Gasteiger partial charge >= 0.3 is 0 Å². The molecule has 0 bridgehead atoms. The van der Waals surface area contributed by atoms with Crippen molar-refractivity contribution >= 4 is 23.4 Å². The highest BCUT2D eigenvalue weighted by Gasteiger charge is 2.20. The molecule has 148 valence electrons. The maximum atomic E-state index is 12.5. The van der Waals surface area contributed by atoms with Crippen LogP contribution in [0, 0.1) is 0 Å². The molecule has 0 aliphatic heterocycles. The van der Waals surface area contributed by atoms with Crippen molar-refractivity contribution in [2.75, 3.05) is 5.32 Å². The summed E-state index contributed by atoms with van der Waals surface area (Å²) < 4.78 is 0. The topological polar surface area (TPSA) is 101 Å². The van der Waals surface area contributed by atoms with Gasteiger partial charge in [0.2, 0.25) is 11.8 Å². The van der Waals surface area contributed by atoms with Gasteiger partial charge in [0.1, 0.15) is 6.04 Å². The summed E-state index contributed by atoms with van der Waals surface area (Å²) in [5, 5.41) is 5.32. The number of amides is 3. The largest absolute Gasteiger partial charge is 0.368 e. The van der Waals surface area contributed by atoms with Gasteiger partial charge in [-0.05, 0) is 40.8 Å². The Morgan fingerprint density at radius 2 is 1.54 bits per heavy atom. The van der Waals surface area contributed by atoms with Crippen molar-refractivity contribution in [3.63, 3.8) is 0 Å². The van der Waals surface area contributed by atoms with Gasteiger partial charge in [0.05, 0.1) is 0 Å². The Hall–Kier alpha value is -3.15. The minimum Gasteiger partial charge on any atom is -0.368 e. The van der Waals surface area contributed by atoms with Gasteiger partial charge in [0, 0.05) is 24.6 Å². The molecule has 1 atom stereocenters. The number of anilines is 1. The average Bonchev–Trinajstić information content (AvgIpc) is 2.60. The van der Waals surface area contributed by atoms with Crippen LogP contribution in [0.25, 0.3) is 0 Å². The number of nitrogens with one attached hydrogen (secondary N) is 2. The Bertz CT molecular complexity index is 850. The summed E-state index contributed by atoms with van der Waals surface area (Å²) in [4.78, 5) is 35.4. The number of rotatable bonds is 6. The Balaban J connectivity index is 2.07. The number of hydrogen-bond donors (Lipinski definition) is 3. The fraction of sp³-hybridized carbons (Fsp3) is 0.318. The van der Waals surface area contributed by atoms with Crippen molar-refractivity contribution in [1.82, 2.24) is 5.32 Å². The van der Waals surface area contributed by atoms with Crippen molar-refractivity contribution in [2.45, 2.75) is 45.6 Å². The molecule has 0 unspecified atom stereocenters.